The van der Waals surface area contributed by atoms with Crippen LogP contribution in [0.2, 0.25) is 0 Å². The molecule has 4 atom stereocenters. The fourth-order valence-electron chi connectivity index (χ4n) is 5.07. The van der Waals surface area contributed by atoms with E-state index in [2.05, 4.69) is 37.3 Å². The van der Waals surface area contributed by atoms with Crippen LogP contribution in [0.5, 0.6) is 0 Å². The topological polar surface area (TPSA) is 46.2 Å². The molecule has 0 aromatic heterocycles. The van der Waals surface area contributed by atoms with E-state index < -0.39 is 5.60 Å². The zero-order chi connectivity index (χ0) is 14.9. The molecule has 0 bridgehead atoms. The van der Waals surface area contributed by atoms with Gasteiger partial charge in [-0.25, -0.2) is 0 Å². The second-order valence-corrected chi connectivity index (χ2v) is 7.47. The number of hydrogen-bond donors (Lipinski definition) is 2. The van der Waals surface area contributed by atoms with Gasteiger partial charge < -0.3 is 10.8 Å². The van der Waals surface area contributed by atoms with Crippen LogP contribution in [0, 0.1) is 11.3 Å². The molecule has 116 valence electrons. The normalized spacial score (nSPS) is 40.3. The first-order valence-electron chi connectivity index (χ1n) is 8.59. The third-order valence-electron chi connectivity index (χ3n) is 6.24. The van der Waals surface area contributed by atoms with Crippen molar-refractivity contribution in [1.29, 1.82) is 0 Å². The Labute approximate surface area is 128 Å². The third kappa shape index (κ3) is 2.43. The summed E-state index contributed by atoms with van der Waals surface area (Å²) in [6.45, 7) is 2.93. The monoisotopic (exact) mass is 287 g/mol. The molecule has 2 aliphatic carbocycles. The molecule has 3 rings (SSSR count). The van der Waals surface area contributed by atoms with E-state index in [0.717, 1.165) is 32.1 Å². The van der Waals surface area contributed by atoms with Crippen molar-refractivity contribution in [2.75, 3.05) is 6.54 Å². The maximum absolute atomic E-state index is 11.8. The Morgan fingerprint density at radius 1 is 1.14 bits per heavy atom. The van der Waals surface area contributed by atoms with Crippen molar-refractivity contribution < 1.29 is 5.11 Å². The van der Waals surface area contributed by atoms with E-state index >= 15 is 0 Å². The van der Waals surface area contributed by atoms with Gasteiger partial charge in [0.25, 0.3) is 0 Å². The first-order chi connectivity index (χ1) is 10.1. The van der Waals surface area contributed by atoms with Gasteiger partial charge in [-0.05, 0) is 37.2 Å². The van der Waals surface area contributed by atoms with E-state index in [4.69, 9.17) is 5.73 Å². The Bertz CT molecular complexity index is 474. The van der Waals surface area contributed by atoms with Crippen molar-refractivity contribution in [3.05, 3.63) is 35.9 Å². The predicted octanol–water partition coefficient (Wildman–Crippen LogP) is 3.84. The maximum atomic E-state index is 11.8. The van der Waals surface area contributed by atoms with Gasteiger partial charge in [-0.2, -0.15) is 0 Å². The predicted molar refractivity (Wildman–Crippen MR) is 87.1 cm³/mol. The fourth-order valence-corrected chi connectivity index (χ4v) is 5.07. The molecule has 0 spiro atoms. The number of benzene rings is 1. The summed E-state index contributed by atoms with van der Waals surface area (Å²) >= 11 is 0. The van der Waals surface area contributed by atoms with Gasteiger partial charge >= 0.3 is 0 Å². The summed E-state index contributed by atoms with van der Waals surface area (Å²) < 4.78 is 0. The molecule has 21 heavy (non-hydrogen) atoms. The highest BCUT2D eigenvalue weighted by Crippen LogP contribution is 2.57. The van der Waals surface area contributed by atoms with Gasteiger partial charge in [-0.3, -0.25) is 0 Å². The number of aliphatic hydroxyl groups is 1. The van der Waals surface area contributed by atoms with Crippen LogP contribution in [0.15, 0.2) is 30.3 Å². The van der Waals surface area contributed by atoms with Crippen LogP contribution in [0.4, 0.5) is 0 Å². The molecule has 1 aromatic carbocycles. The maximum Gasteiger partial charge on any atom is 0.0784 e. The van der Waals surface area contributed by atoms with E-state index in [0.29, 0.717) is 12.5 Å². The number of nitrogens with two attached hydrogens (primary N) is 1. The van der Waals surface area contributed by atoms with Crippen LogP contribution in [-0.2, 0) is 0 Å². The average Bonchev–Trinajstić information content (AvgIpc) is 2.92. The van der Waals surface area contributed by atoms with Gasteiger partial charge in [0.15, 0.2) is 0 Å². The van der Waals surface area contributed by atoms with Crippen LogP contribution in [0.1, 0.15) is 63.4 Å². The molecular weight excluding hydrogens is 258 g/mol. The minimum absolute atomic E-state index is 0.0760. The van der Waals surface area contributed by atoms with Gasteiger partial charge in [0.2, 0.25) is 0 Å². The van der Waals surface area contributed by atoms with Crippen molar-refractivity contribution >= 4 is 0 Å². The van der Waals surface area contributed by atoms with E-state index in [-0.39, 0.29) is 11.3 Å². The van der Waals surface area contributed by atoms with Gasteiger partial charge in [-0.15, -0.1) is 0 Å². The molecule has 0 amide bonds. The summed E-state index contributed by atoms with van der Waals surface area (Å²) in [6, 6.07) is 10.6. The smallest absolute Gasteiger partial charge is 0.0784 e. The molecule has 1 aromatic rings. The van der Waals surface area contributed by atoms with Crippen LogP contribution < -0.4 is 5.73 Å². The Hall–Kier alpha value is -0.860. The number of hydrogen-bond acceptors (Lipinski definition) is 2. The molecule has 2 heteroatoms. The highest BCUT2D eigenvalue weighted by atomic mass is 16.3. The molecule has 2 saturated carbocycles. The molecule has 0 saturated heterocycles. The summed E-state index contributed by atoms with van der Waals surface area (Å²) in [4.78, 5) is 0. The Morgan fingerprint density at radius 2 is 1.90 bits per heavy atom. The van der Waals surface area contributed by atoms with Gasteiger partial charge in [0, 0.05) is 17.9 Å². The van der Waals surface area contributed by atoms with E-state index in [1.807, 2.05) is 0 Å². The molecule has 2 aliphatic rings. The molecule has 2 nitrogen and oxygen atoms in total. The third-order valence-corrected chi connectivity index (χ3v) is 6.24. The van der Waals surface area contributed by atoms with Crippen molar-refractivity contribution in [1.82, 2.24) is 0 Å². The van der Waals surface area contributed by atoms with Crippen molar-refractivity contribution in [3.8, 4) is 0 Å². The Balaban J connectivity index is 1.99. The van der Waals surface area contributed by atoms with Crippen molar-refractivity contribution in [2.24, 2.45) is 17.1 Å². The Kier molecular flexibility index (Phi) is 4.11. The highest BCUT2D eigenvalue weighted by Gasteiger charge is 2.56. The summed E-state index contributed by atoms with van der Waals surface area (Å²) in [7, 11) is 0. The molecule has 0 heterocycles. The summed E-state index contributed by atoms with van der Waals surface area (Å²) in [5.41, 5.74) is 6.83. The minimum Gasteiger partial charge on any atom is -0.389 e. The van der Waals surface area contributed by atoms with Crippen LogP contribution >= 0.6 is 0 Å². The summed E-state index contributed by atoms with van der Waals surface area (Å²) in [5, 5.41) is 11.8. The molecule has 3 N–H and O–H groups in total. The first kappa shape index (κ1) is 15.1. The summed E-state index contributed by atoms with van der Waals surface area (Å²) in [5.74, 6) is 0.942. The summed E-state index contributed by atoms with van der Waals surface area (Å²) in [6.07, 6.45) is 7.75. The lowest BCUT2D eigenvalue weighted by Gasteiger charge is -2.52. The largest absolute Gasteiger partial charge is 0.389 e. The van der Waals surface area contributed by atoms with E-state index in [1.165, 1.54) is 18.4 Å². The van der Waals surface area contributed by atoms with Gasteiger partial charge in [0.05, 0.1) is 5.60 Å². The van der Waals surface area contributed by atoms with E-state index in [9.17, 15) is 5.11 Å². The lowest BCUT2D eigenvalue weighted by molar-refractivity contribution is -0.120. The van der Waals surface area contributed by atoms with Gasteiger partial charge in [-0.1, -0.05) is 56.5 Å². The van der Waals surface area contributed by atoms with Crippen molar-refractivity contribution in [3.63, 3.8) is 0 Å². The standard InChI is InChI=1S/C19H29NO/c1-15-10-12-18(13-15,14-20)19(21)11-6-5-9-17(19)16-7-3-2-4-8-16/h2-4,7-8,15,17,21H,5-6,9-14,20H2,1H3. The van der Waals surface area contributed by atoms with Crippen molar-refractivity contribution in [2.45, 2.75) is 63.4 Å². The lowest BCUT2D eigenvalue weighted by Crippen LogP contribution is -2.56. The second-order valence-electron chi connectivity index (χ2n) is 7.47. The van der Waals surface area contributed by atoms with Crippen LogP contribution in [-0.4, -0.2) is 17.3 Å². The number of rotatable bonds is 3. The second kappa shape index (κ2) is 5.73. The molecule has 2 fully saturated rings. The molecule has 0 aliphatic heterocycles. The van der Waals surface area contributed by atoms with Gasteiger partial charge in [0.1, 0.15) is 0 Å². The zero-order valence-electron chi connectivity index (χ0n) is 13.2. The van der Waals surface area contributed by atoms with Crippen LogP contribution in [0.25, 0.3) is 0 Å². The zero-order valence-corrected chi connectivity index (χ0v) is 13.2. The quantitative estimate of drug-likeness (QED) is 0.887. The average molecular weight is 287 g/mol. The SMILES string of the molecule is CC1CCC(CN)(C2(O)CCCCC2c2ccccc2)C1. The lowest BCUT2D eigenvalue weighted by atomic mass is 9.57. The highest BCUT2D eigenvalue weighted by molar-refractivity contribution is 5.26. The first-order valence-corrected chi connectivity index (χ1v) is 8.59. The molecular formula is C19H29NO. The van der Waals surface area contributed by atoms with Crippen LogP contribution in [0.3, 0.4) is 0 Å². The fraction of sp³-hybridized carbons (Fsp3) is 0.684. The minimum atomic E-state index is -0.619. The molecule has 0 radical (unpaired) electrons. The Morgan fingerprint density at radius 3 is 2.52 bits per heavy atom. The molecule has 4 unspecified atom stereocenters. The van der Waals surface area contributed by atoms with E-state index in [1.54, 1.807) is 0 Å².